The van der Waals surface area contributed by atoms with Crippen molar-refractivity contribution in [3.63, 3.8) is 0 Å². The van der Waals surface area contributed by atoms with E-state index < -0.39 is 17.7 Å². The molecule has 0 aromatic rings. The lowest BCUT2D eigenvalue weighted by molar-refractivity contribution is -0.132. The van der Waals surface area contributed by atoms with Crippen molar-refractivity contribution in [3.8, 4) is 0 Å². The molecule has 0 aliphatic carbocycles. The second kappa shape index (κ2) is 7.64. The Morgan fingerprint density at radius 2 is 2.10 bits per heavy atom. The van der Waals surface area contributed by atoms with Gasteiger partial charge in [0, 0.05) is 20.2 Å². The van der Waals surface area contributed by atoms with Crippen LogP contribution in [0, 0.1) is 5.92 Å². The van der Waals surface area contributed by atoms with Gasteiger partial charge < -0.3 is 19.7 Å². The van der Waals surface area contributed by atoms with Crippen molar-refractivity contribution in [2.75, 3.05) is 26.8 Å². The Bertz CT molecular complexity index is 359. The molecule has 1 aliphatic heterocycles. The molecule has 21 heavy (non-hydrogen) atoms. The van der Waals surface area contributed by atoms with Crippen LogP contribution in [0.3, 0.4) is 0 Å². The third kappa shape index (κ3) is 6.80. The fourth-order valence-electron chi connectivity index (χ4n) is 2.31. The summed E-state index contributed by atoms with van der Waals surface area (Å²) in [5.74, 6) is 0.257. The molecule has 0 bridgehead atoms. The molecule has 1 rings (SSSR count). The highest BCUT2D eigenvalue weighted by Gasteiger charge is 2.25. The number of amides is 2. The Morgan fingerprint density at radius 3 is 2.62 bits per heavy atom. The molecule has 1 saturated heterocycles. The number of rotatable bonds is 4. The smallest absolute Gasteiger partial charge is 0.408 e. The SMILES string of the molecule is CC(NC(=O)OC(C)(C)C)C(=O)N(C)CC1CCCOC1. The Balaban J connectivity index is 2.39. The highest BCUT2D eigenvalue weighted by molar-refractivity contribution is 5.85. The summed E-state index contributed by atoms with van der Waals surface area (Å²) in [6.45, 7) is 9.19. The van der Waals surface area contributed by atoms with E-state index in [1.807, 2.05) is 0 Å². The van der Waals surface area contributed by atoms with Crippen LogP contribution in [0.2, 0.25) is 0 Å². The van der Waals surface area contributed by atoms with Crippen LogP contribution in [0.5, 0.6) is 0 Å². The van der Waals surface area contributed by atoms with Crippen molar-refractivity contribution in [1.82, 2.24) is 10.2 Å². The van der Waals surface area contributed by atoms with Gasteiger partial charge in [-0.2, -0.15) is 0 Å². The number of alkyl carbamates (subject to hydrolysis) is 1. The topological polar surface area (TPSA) is 67.9 Å². The zero-order valence-corrected chi connectivity index (χ0v) is 13.8. The van der Waals surface area contributed by atoms with Crippen LogP contribution in [0.4, 0.5) is 4.79 Å². The lowest BCUT2D eigenvalue weighted by Gasteiger charge is -2.29. The third-order valence-electron chi connectivity index (χ3n) is 3.27. The molecule has 6 nitrogen and oxygen atoms in total. The molecule has 6 heteroatoms. The highest BCUT2D eigenvalue weighted by atomic mass is 16.6. The summed E-state index contributed by atoms with van der Waals surface area (Å²) in [4.78, 5) is 25.5. The van der Waals surface area contributed by atoms with Gasteiger partial charge in [-0.25, -0.2) is 4.79 Å². The largest absolute Gasteiger partial charge is 0.444 e. The summed E-state index contributed by atoms with van der Waals surface area (Å²) in [5.41, 5.74) is -0.571. The van der Waals surface area contributed by atoms with E-state index in [9.17, 15) is 9.59 Å². The van der Waals surface area contributed by atoms with Gasteiger partial charge in [0.25, 0.3) is 0 Å². The summed E-state index contributed by atoms with van der Waals surface area (Å²) in [7, 11) is 1.75. The van der Waals surface area contributed by atoms with Crippen molar-refractivity contribution < 1.29 is 19.1 Å². The van der Waals surface area contributed by atoms with E-state index in [0.29, 0.717) is 19.1 Å². The lowest BCUT2D eigenvalue weighted by Crippen LogP contribution is -2.48. The van der Waals surface area contributed by atoms with Crippen molar-refractivity contribution in [2.45, 2.75) is 52.2 Å². The fraction of sp³-hybridized carbons (Fsp3) is 0.867. The van der Waals surface area contributed by atoms with Gasteiger partial charge in [0.05, 0.1) is 6.61 Å². The first-order valence-electron chi connectivity index (χ1n) is 7.51. The minimum Gasteiger partial charge on any atom is -0.444 e. The molecule has 2 atom stereocenters. The summed E-state index contributed by atoms with van der Waals surface area (Å²) in [5, 5.41) is 2.57. The molecule has 1 fully saturated rings. The van der Waals surface area contributed by atoms with E-state index >= 15 is 0 Å². The number of nitrogens with one attached hydrogen (secondary N) is 1. The van der Waals surface area contributed by atoms with Gasteiger partial charge in [-0.1, -0.05) is 0 Å². The molecule has 122 valence electrons. The van der Waals surface area contributed by atoms with Crippen LogP contribution in [0.1, 0.15) is 40.5 Å². The van der Waals surface area contributed by atoms with Crippen LogP contribution in [-0.4, -0.2) is 55.3 Å². The second-order valence-electron chi connectivity index (χ2n) is 6.67. The maximum Gasteiger partial charge on any atom is 0.408 e. The molecule has 0 aromatic carbocycles. The van der Waals surface area contributed by atoms with E-state index in [-0.39, 0.29) is 5.91 Å². The molecular weight excluding hydrogens is 272 g/mol. The standard InChI is InChI=1S/C15H28N2O4/c1-11(16-14(19)21-15(2,3)4)13(18)17(5)9-12-7-6-8-20-10-12/h11-12H,6-10H2,1-5H3,(H,16,19). The molecule has 1 heterocycles. The van der Waals surface area contributed by atoms with Crippen LogP contribution < -0.4 is 5.32 Å². The average molecular weight is 300 g/mol. The first-order valence-corrected chi connectivity index (χ1v) is 7.51. The normalized spacial score (nSPS) is 20.5. The number of ether oxygens (including phenoxy) is 2. The zero-order chi connectivity index (χ0) is 16.0. The Morgan fingerprint density at radius 1 is 1.43 bits per heavy atom. The van der Waals surface area contributed by atoms with Gasteiger partial charge in [-0.3, -0.25) is 4.79 Å². The first kappa shape index (κ1) is 17.8. The van der Waals surface area contributed by atoms with Crippen LogP contribution in [0.25, 0.3) is 0 Å². The number of likely N-dealkylation sites (N-methyl/N-ethyl adjacent to an activating group) is 1. The van der Waals surface area contributed by atoms with Crippen LogP contribution in [-0.2, 0) is 14.3 Å². The predicted octanol–water partition coefficient (Wildman–Crippen LogP) is 1.78. The second-order valence-corrected chi connectivity index (χ2v) is 6.67. The number of nitrogens with zero attached hydrogens (tertiary/aromatic N) is 1. The van der Waals surface area contributed by atoms with E-state index in [1.54, 1.807) is 39.6 Å². The molecule has 0 saturated carbocycles. The molecule has 2 amide bonds. The maximum atomic E-state index is 12.2. The summed E-state index contributed by atoms with van der Waals surface area (Å²) in [6.07, 6.45) is 1.54. The predicted molar refractivity (Wildman–Crippen MR) is 80.0 cm³/mol. The number of hydrogen-bond donors (Lipinski definition) is 1. The maximum absolute atomic E-state index is 12.2. The summed E-state index contributed by atoms with van der Waals surface area (Å²) in [6, 6.07) is -0.602. The van der Waals surface area contributed by atoms with Gasteiger partial charge in [0.15, 0.2) is 0 Å². The van der Waals surface area contributed by atoms with Crippen molar-refractivity contribution in [2.24, 2.45) is 5.92 Å². The molecule has 0 spiro atoms. The van der Waals surface area contributed by atoms with Gasteiger partial charge in [-0.15, -0.1) is 0 Å². The van der Waals surface area contributed by atoms with Gasteiger partial charge in [0.2, 0.25) is 5.91 Å². The first-order chi connectivity index (χ1) is 9.69. The average Bonchev–Trinajstić information content (AvgIpc) is 2.36. The monoisotopic (exact) mass is 300 g/mol. The Kier molecular flexibility index (Phi) is 6.45. The van der Waals surface area contributed by atoms with E-state index in [0.717, 1.165) is 19.4 Å². The van der Waals surface area contributed by atoms with Gasteiger partial charge in [0.1, 0.15) is 11.6 Å². The zero-order valence-electron chi connectivity index (χ0n) is 13.8. The summed E-state index contributed by atoms with van der Waals surface area (Å²) >= 11 is 0. The lowest BCUT2D eigenvalue weighted by atomic mass is 10.0. The molecule has 0 aromatic heterocycles. The molecule has 2 unspecified atom stereocenters. The van der Waals surface area contributed by atoms with E-state index in [2.05, 4.69) is 5.32 Å². The van der Waals surface area contributed by atoms with Crippen LogP contribution >= 0.6 is 0 Å². The Labute approximate surface area is 127 Å². The molecule has 1 N–H and O–H groups in total. The summed E-state index contributed by atoms with van der Waals surface area (Å²) < 4.78 is 10.6. The van der Waals surface area contributed by atoms with E-state index in [1.165, 1.54) is 0 Å². The number of carbonyl (C=O) groups excluding carboxylic acids is 2. The minimum atomic E-state index is -0.602. The van der Waals surface area contributed by atoms with Crippen molar-refractivity contribution in [3.05, 3.63) is 0 Å². The van der Waals surface area contributed by atoms with Crippen LogP contribution in [0.15, 0.2) is 0 Å². The third-order valence-corrected chi connectivity index (χ3v) is 3.27. The highest BCUT2D eigenvalue weighted by Crippen LogP contribution is 2.14. The number of carbonyl (C=O) groups is 2. The number of hydrogen-bond acceptors (Lipinski definition) is 4. The molecule has 1 aliphatic rings. The molecular formula is C15H28N2O4. The van der Waals surface area contributed by atoms with Crippen molar-refractivity contribution >= 4 is 12.0 Å². The van der Waals surface area contributed by atoms with E-state index in [4.69, 9.17) is 9.47 Å². The van der Waals surface area contributed by atoms with Gasteiger partial charge >= 0.3 is 6.09 Å². The Hall–Kier alpha value is -1.30. The minimum absolute atomic E-state index is 0.119. The fourth-order valence-corrected chi connectivity index (χ4v) is 2.31. The van der Waals surface area contributed by atoms with Crippen molar-refractivity contribution in [1.29, 1.82) is 0 Å². The van der Waals surface area contributed by atoms with Gasteiger partial charge in [-0.05, 0) is 46.5 Å². The quantitative estimate of drug-likeness (QED) is 0.859. The molecule has 0 radical (unpaired) electrons.